The SMILES string of the molecule is Cc1oc2cccc(C(N)CCC(=O)O)c2c1C. The van der Waals surface area contributed by atoms with Gasteiger partial charge in [-0.2, -0.15) is 0 Å². The summed E-state index contributed by atoms with van der Waals surface area (Å²) < 4.78 is 5.64. The Morgan fingerprint density at radius 2 is 2.17 bits per heavy atom. The molecule has 2 rings (SSSR count). The minimum Gasteiger partial charge on any atom is -0.481 e. The molecule has 4 heteroatoms. The third-order valence-electron chi connectivity index (χ3n) is 3.29. The first-order valence-electron chi connectivity index (χ1n) is 5.96. The first-order chi connectivity index (χ1) is 8.50. The van der Waals surface area contributed by atoms with E-state index < -0.39 is 5.97 Å². The highest BCUT2D eigenvalue weighted by Gasteiger charge is 2.16. The van der Waals surface area contributed by atoms with Crippen LogP contribution >= 0.6 is 0 Å². The van der Waals surface area contributed by atoms with Crippen LogP contribution in [0, 0.1) is 13.8 Å². The summed E-state index contributed by atoms with van der Waals surface area (Å²) in [5.41, 5.74) is 8.93. The minimum atomic E-state index is -0.822. The molecule has 1 aromatic heterocycles. The summed E-state index contributed by atoms with van der Waals surface area (Å²) in [6, 6.07) is 5.46. The second-order valence-electron chi connectivity index (χ2n) is 4.54. The van der Waals surface area contributed by atoms with Crippen molar-refractivity contribution in [3.05, 3.63) is 35.1 Å². The maximum Gasteiger partial charge on any atom is 0.303 e. The molecule has 1 heterocycles. The Morgan fingerprint density at radius 1 is 1.44 bits per heavy atom. The van der Waals surface area contributed by atoms with E-state index in [1.807, 2.05) is 32.0 Å². The van der Waals surface area contributed by atoms with E-state index in [9.17, 15) is 4.79 Å². The van der Waals surface area contributed by atoms with Crippen molar-refractivity contribution < 1.29 is 14.3 Å². The lowest BCUT2D eigenvalue weighted by atomic mass is 9.97. The van der Waals surface area contributed by atoms with Gasteiger partial charge in [0.2, 0.25) is 0 Å². The van der Waals surface area contributed by atoms with Gasteiger partial charge in [0.05, 0.1) is 0 Å². The molecule has 0 aliphatic heterocycles. The molecule has 0 radical (unpaired) electrons. The van der Waals surface area contributed by atoms with Gasteiger partial charge in [0.15, 0.2) is 0 Å². The zero-order valence-corrected chi connectivity index (χ0v) is 10.6. The highest BCUT2D eigenvalue weighted by molar-refractivity contribution is 5.86. The molecule has 1 unspecified atom stereocenters. The van der Waals surface area contributed by atoms with Crippen LogP contribution in [0.3, 0.4) is 0 Å². The van der Waals surface area contributed by atoms with E-state index in [2.05, 4.69) is 0 Å². The third kappa shape index (κ3) is 2.24. The van der Waals surface area contributed by atoms with E-state index in [0.717, 1.165) is 27.9 Å². The molecule has 0 aliphatic carbocycles. The van der Waals surface area contributed by atoms with Crippen molar-refractivity contribution in [3.63, 3.8) is 0 Å². The van der Waals surface area contributed by atoms with Gasteiger partial charge in [-0.1, -0.05) is 12.1 Å². The first-order valence-corrected chi connectivity index (χ1v) is 5.96. The molecule has 1 atom stereocenters. The number of carboxylic acids is 1. The summed E-state index contributed by atoms with van der Waals surface area (Å²) in [6.07, 6.45) is 0.506. The largest absolute Gasteiger partial charge is 0.481 e. The number of hydrogen-bond acceptors (Lipinski definition) is 3. The second-order valence-corrected chi connectivity index (χ2v) is 4.54. The zero-order valence-electron chi connectivity index (χ0n) is 10.6. The average Bonchev–Trinajstić information content (AvgIpc) is 2.62. The number of aliphatic carboxylic acids is 1. The number of carbonyl (C=O) groups is 1. The van der Waals surface area contributed by atoms with Gasteiger partial charge in [0.1, 0.15) is 11.3 Å². The molecule has 1 aromatic carbocycles. The van der Waals surface area contributed by atoms with E-state index in [1.165, 1.54) is 0 Å². The molecule has 18 heavy (non-hydrogen) atoms. The predicted molar refractivity (Wildman–Crippen MR) is 69.5 cm³/mol. The number of nitrogens with two attached hydrogens (primary N) is 1. The number of benzene rings is 1. The fraction of sp³-hybridized carbons (Fsp3) is 0.357. The van der Waals surface area contributed by atoms with Crippen molar-refractivity contribution >= 4 is 16.9 Å². The average molecular weight is 247 g/mol. The summed E-state index contributed by atoms with van der Waals surface area (Å²) in [5.74, 6) is 0.0561. The van der Waals surface area contributed by atoms with Gasteiger partial charge in [-0.3, -0.25) is 4.79 Å². The van der Waals surface area contributed by atoms with E-state index in [1.54, 1.807) is 0 Å². The monoisotopic (exact) mass is 247 g/mol. The van der Waals surface area contributed by atoms with Crippen LogP contribution in [0.25, 0.3) is 11.0 Å². The molecule has 0 amide bonds. The summed E-state index contributed by atoms with van der Waals surface area (Å²) in [6.45, 7) is 3.91. The predicted octanol–water partition coefficient (Wildman–Crippen LogP) is 2.91. The minimum absolute atomic E-state index is 0.0768. The Bertz CT molecular complexity index is 586. The van der Waals surface area contributed by atoms with Gasteiger partial charge < -0.3 is 15.3 Å². The van der Waals surface area contributed by atoms with Crippen molar-refractivity contribution in [2.45, 2.75) is 32.7 Å². The highest BCUT2D eigenvalue weighted by Crippen LogP contribution is 2.31. The van der Waals surface area contributed by atoms with Gasteiger partial charge in [0.25, 0.3) is 0 Å². The van der Waals surface area contributed by atoms with Gasteiger partial charge in [-0.15, -0.1) is 0 Å². The molecule has 96 valence electrons. The van der Waals surface area contributed by atoms with Crippen LogP contribution in [0.15, 0.2) is 22.6 Å². The quantitative estimate of drug-likeness (QED) is 0.870. The molecular weight excluding hydrogens is 230 g/mol. The van der Waals surface area contributed by atoms with Crippen molar-refractivity contribution in [1.82, 2.24) is 0 Å². The van der Waals surface area contributed by atoms with Crippen LogP contribution in [0.4, 0.5) is 0 Å². The Kier molecular flexibility index (Phi) is 3.39. The smallest absolute Gasteiger partial charge is 0.303 e. The number of rotatable bonds is 4. The number of fused-ring (bicyclic) bond motifs is 1. The first kappa shape index (κ1) is 12.6. The van der Waals surface area contributed by atoms with Crippen LogP contribution in [0.5, 0.6) is 0 Å². The maximum absolute atomic E-state index is 10.6. The second kappa shape index (κ2) is 4.82. The fourth-order valence-electron chi connectivity index (χ4n) is 2.20. The van der Waals surface area contributed by atoms with Crippen LogP contribution in [0.1, 0.15) is 35.8 Å². The lowest BCUT2D eigenvalue weighted by molar-refractivity contribution is -0.137. The number of aryl methyl sites for hydroxylation is 2. The standard InChI is InChI=1S/C14H17NO3/c1-8-9(2)18-12-5-3-4-10(14(8)12)11(15)6-7-13(16)17/h3-5,11H,6-7,15H2,1-2H3,(H,16,17). The normalized spacial score (nSPS) is 12.8. The fourth-order valence-corrected chi connectivity index (χ4v) is 2.20. The van der Waals surface area contributed by atoms with Crippen molar-refractivity contribution in [2.24, 2.45) is 5.73 Å². The van der Waals surface area contributed by atoms with E-state index >= 15 is 0 Å². The topological polar surface area (TPSA) is 76.5 Å². The van der Waals surface area contributed by atoms with Crippen LogP contribution in [-0.4, -0.2) is 11.1 Å². The molecule has 2 aromatic rings. The summed E-state index contributed by atoms with van der Waals surface area (Å²) in [7, 11) is 0. The lowest BCUT2D eigenvalue weighted by Gasteiger charge is -2.12. The highest BCUT2D eigenvalue weighted by atomic mass is 16.4. The molecule has 0 spiro atoms. The van der Waals surface area contributed by atoms with Gasteiger partial charge >= 0.3 is 5.97 Å². The van der Waals surface area contributed by atoms with E-state index in [-0.39, 0.29) is 12.5 Å². The van der Waals surface area contributed by atoms with Gasteiger partial charge in [-0.25, -0.2) is 0 Å². The Morgan fingerprint density at radius 3 is 2.83 bits per heavy atom. The number of hydrogen-bond donors (Lipinski definition) is 2. The molecule has 4 nitrogen and oxygen atoms in total. The lowest BCUT2D eigenvalue weighted by Crippen LogP contribution is -2.12. The van der Waals surface area contributed by atoms with Crippen molar-refractivity contribution in [1.29, 1.82) is 0 Å². The van der Waals surface area contributed by atoms with Gasteiger partial charge in [0, 0.05) is 17.8 Å². The Balaban J connectivity index is 2.41. The maximum atomic E-state index is 10.6. The zero-order chi connectivity index (χ0) is 13.3. The molecule has 0 saturated heterocycles. The molecule has 0 fully saturated rings. The Hall–Kier alpha value is -1.81. The van der Waals surface area contributed by atoms with Crippen LogP contribution < -0.4 is 5.73 Å². The summed E-state index contributed by atoms with van der Waals surface area (Å²) in [4.78, 5) is 10.6. The number of furan rings is 1. The molecule has 3 N–H and O–H groups in total. The summed E-state index contributed by atoms with van der Waals surface area (Å²) in [5, 5.41) is 9.73. The van der Waals surface area contributed by atoms with Crippen molar-refractivity contribution in [3.8, 4) is 0 Å². The molecule has 0 bridgehead atoms. The van der Waals surface area contributed by atoms with E-state index in [0.29, 0.717) is 6.42 Å². The summed E-state index contributed by atoms with van der Waals surface area (Å²) >= 11 is 0. The molecule has 0 aliphatic rings. The molecular formula is C14H17NO3. The third-order valence-corrected chi connectivity index (χ3v) is 3.29. The van der Waals surface area contributed by atoms with E-state index in [4.69, 9.17) is 15.3 Å². The van der Waals surface area contributed by atoms with Crippen LogP contribution in [-0.2, 0) is 4.79 Å². The Labute approximate surface area is 105 Å². The van der Waals surface area contributed by atoms with Crippen molar-refractivity contribution in [2.75, 3.05) is 0 Å². The van der Waals surface area contributed by atoms with Crippen LogP contribution in [0.2, 0.25) is 0 Å². The number of carboxylic acid groups (broad SMARTS) is 1. The molecule has 0 saturated carbocycles. The van der Waals surface area contributed by atoms with Gasteiger partial charge in [-0.05, 0) is 37.5 Å².